The third-order valence-corrected chi connectivity index (χ3v) is 5.63. The molecule has 1 aliphatic carbocycles. The molecule has 0 radical (unpaired) electrons. The molecule has 0 unspecified atom stereocenters. The molecule has 1 aliphatic heterocycles. The number of likely N-dealkylation sites (tertiary alicyclic amines) is 1. The van der Waals surface area contributed by atoms with Gasteiger partial charge < -0.3 is 14.7 Å². The average molecular weight is 359 g/mol. The van der Waals surface area contributed by atoms with E-state index < -0.39 is 11.6 Å². The Bertz CT molecular complexity index is 751. The second kappa shape index (κ2) is 7.23. The lowest BCUT2D eigenvalue weighted by molar-refractivity contribution is 0.185. The molecule has 2 aromatic carbocycles. The molecule has 138 valence electrons. The van der Waals surface area contributed by atoms with Crippen molar-refractivity contribution in [3.05, 3.63) is 59.7 Å². The van der Waals surface area contributed by atoms with E-state index in [9.17, 15) is 13.9 Å². The molecule has 2 aliphatic rings. The van der Waals surface area contributed by atoms with Crippen molar-refractivity contribution in [2.24, 2.45) is 11.8 Å². The molecule has 2 aromatic rings. The molecule has 1 saturated carbocycles. The molecule has 0 bridgehead atoms. The van der Waals surface area contributed by atoms with Gasteiger partial charge in [0, 0.05) is 25.7 Å². The minimum absolute atomic E-state index is 0.0918. The summed E-state index contributed by atoms with van der Waals surface area (Å²) < 4.78 is 32.2. The Morgan fingerprint density at radius 3 is 2.31 bits per heavy atom. The first kappa shape index (κ1) is 17.3. The molecule has 3 nitrogen and oxygen atoms in total. The Labute approximate surface area is 152 Å². The van der Waals surface area contributed by atoms with E-state index in [0.717, 1.165) is 51.0 Å². The fourth-order valence-corrected chi connectivity index (χ4v) is 4.31. The molecule has 5 heteroatoms. The molecule has 0 aromatic heterocycles. The molecule has 3 atom stereocenters. The van der Waals surface area contributed by atoms with E-state index in [0.29, 0.717) is 23.3 Å². The Kier molecular flexibility index (Phi) is 4.81. The highest BCUT2D eigenvalue weighted by Gasteiger charge is 2.41. The minimum Gasteiger partial charge on any atom is -0.508 e. The Hall–Kier alpha value is -2.14. The summed E-state index contributed by atoms with van der Waals surface area (Å²) in [5, 5.41) is 9.34. The predicted octanol–water partition coefficient (Wildman–Crippen LogP) is 4.00. The predicted molar refractivity (Wildman–Crippen MR) is 95.2 cm³/mol. The zero-order chi connectivity index (χ0) is 18.1. The summed E-state index contributed by atoms with van der Waals surface area (Å²) in [6, 6.07) is 11.1. The third kappa shape index (κ3) is 3.83. The van der Waals surface area contributed by atoms with Crippen molar-refractivity contribution >= 4 is 0 Å². The summed E-state index contributed by atoms with van der Waals surface area (Å²) in [5.41, 5.74) is 1.24. The van der Waals surface area contributed by atoms with Crippen molar-refractivity contribution in [1.82, 2.24) is 4.90 Å². The quantitative estimate of drug-likeness (QED) is 0.876. The van der Waals surface area contributed by atoms with Gasteiger partial charge in [0.2, 0.25) is 0 Å². The van der Waals surface area contributed by atoms with Crippen LogP contribution in [0.2, 0.25) is 0 Å². The van der Waals surface area contributed by atoms with Gasteiger partial charge in [-0.2, -0.15) is 0 Å². The highest BCUT2D eigenvalue weighted by molar-refractivity contribution is 5.26. The van der Waals surface area contributed by atoms with Crippen molar-refractivity contribution < 1.29 is 18.6 Å². The van der Waals surface area contributed by atoms with Crippen LogP contribution in [0, 0.1) is 23.5 Å². The Morgan fingerprint density at radius 1 is 0.962 bits per heavy atom. The van der Waals surface area contributed by atoms with Crippen LogP contribution in [0.15, 0.2) is 42.5 Å². The van der Waals surface area contributed by atoms with Gasteiger partial charge in [0.15, 0.2) is 11.6 Å². The smallest absolute Gasteiger partial charge is 0.162 e. The maximum atomic E-state index is 13.3. The second-order valence-electron chi connectivity index (χ2n) is 7.48. The normalized spacial score (nSPS) is 25.4. The highest BCUT2D eigenvalue weighted by atomic mass is 19.2. The largest absolute Gasteiger partial charge is 0.508 e. The molecule has 1 N–H and O–H groups in total. The minimum atomic E-state index is -0.860. The van der Waals surface area contributed by atoms with E-state index in [2.05, 4.69) is 4.90 Å². The number of hydrogen-bond donors (Lipinski definition) is 1. The summed E-state index contributed by atoms with van der Waals surface area (Å²) in [6.07, 6.45) is 3.02. The van der Waals surface area contributed by atoms with Crippen LogP contribution in [0.3, 0.4) is 0 Å². The maximum absolute atomic E-state index is 13.3. The van der Waals surface area contributed by atoms with Crippen molar-refractivity contribution in [2.45, 2.75) is 25.4 Å². The molecular formula is C21H23F2NO2. The SMILES string of the molecule is Oc1ccc(CCN2C[C@H]3C[C@@H](Oc4ccc(F)c(F)c4)C[C@H]3C2)cc1. The van der Waals surface area contributed by atoms with Crippen LogP contribution in [0.1, 0.15) is 18.4 Å². The molecule has 0 amide bonds. The van der Waals surface area contributed by atoms with Crippen LogP contribution in [-0.2, 0) is 6.42 Å². The number of rotatable bonds is 5. The van der Waals surface area contributed by atoms with Gasteiger partial charge in [-0.15, -0.1) is 0 Å². The molecule has 1 saturated heterocycles. The van der Waals surface area contributed by atoms with E-state index in [1.807, 2.05) is 12.1 Å². The van der Waals surface area contributed by atoms with Crippen LogP contribution in [0.5, 0.6) is 11.5 Å². The number of phenols is 1. The third-order valence-electron chi connectivity index (χ3n) is 5.63. The molecule has 26 heavy (non-hydrogen) atoms. The highest BCUT2D eigenvalue weighted by Crippen LogP contribution is 2.39. The first-order chi connectivity index (χ1) is 12.6. The van der Waals surface area contributed by atoms with Crippen LogP contribution in [-0.4, -0.2) is 35.7 Å². The molecule has 0 spiro atoms. The number of aromatic hydroxyl groups is 1. The monoisotopic (exact) mass is 359 g/mol. The van der Waals surface area contributed by atoms with Gasteiger partial charge in [-0.25, -0.2) is 8.78 Å². The van der Waals surface area contributed by atoms with E-state index in [1.54, 1.807) is 12.1 Å². The summed E-state index contributed by atoms with van der Waals surface area (Å²) in [5.74, 6) is 0.246. The van der Waals surface area contributed by atoms with Crippen molar-refractivity contribution in [2.75, 3.05) is 19.6 Å². The Balaban J connectivity index is 1.26. The number of nitrogens with zero attached hydrogens (tertiary/aromatic N) is 1. The lowest BCUT2D eigenvalue weighted by Crippen LogP contribution is -2.26. The van der Waals surface area contributed by atoms with Gasteiger partial charge in [-0.3, -0.25) is 0 Å². The first-order valence-electron chi connectivity index (χ1n) is 9.19. The summed E-state index contributed by atoms with van der Waals surface area (Å²) in [7, 11) is 0. The number of fused-ring (bicyclic) bond motifs is 1. The lowest BCUT2D eigenvalue weighted by Gasteiger charge is -2.20. The number of ether oxygens (including phenoxy) is 1. The van der Waals surface area contributed by atoms with Crippen LogP contribution < -0.4 is 4.74 Å². The summed E-state index contributed by atoms with van der Waals surface area (Å²) in [4.78, 5) is 2.50. The van der Waals surface area contributed by atoms with Crippen LogP contribution in [0.25, 0.3) is 0 Å². The van der Waals surface area contributed by atoms with Gasteiger partial charge >= 0.3 is 0 Å². The zero-order valence-corrected chi connectivity index (χ0v) is 14.6. The summed E-state index contributed by atoms with van der Waals surface area (Å²) in [6.45, 7) is 3.16. The van der Waals surface area contributed by atoms with Gasteiger partial charge in [0.1, 0.15) is 11.5 Å². The molecular weight excluding hydrogens is 336 g/mol. The van der Waals surface area contributed by atoms with E-state index in [1.165, 1.54) is 11.6 Å². The standard InChI is InChI=1S/C21H23F2NO2/c22-20-6-5-18(11-21(20)23)26-19-9-15-12-24(13-16(15)10-19)8-7-14-1-3-17(25)4-2-14/h1-6,11,15-16,19,25H,7-10,12-13H2/t15-,16+,19-. The lowest BCUT2D eigenvalue weighted by atomic mass is 10.0. The van der Waals surface area contributed by atoms with Crippen molar-refractivity contribution in [3.8, 4) is 11.5 Å². The average Bonchev–Trinajstić information content (AvgIpc) is 3.16. The summed E-state index contributed by atoms with van der Waals surface area (Å²) >= 11 is 0. The topological polar surface area (TPSA) is 32.7 Å². The van der Waals surface area contributed by atoms with Crippen molar-refractivity contribution in [1.29, 1.82) is 0 Å². The van der Waals surface area contributed by atoms with E-state index in [-0.39, 0.29) is 6.10 Å². The van der Waals surface area contributed by atoms with E-state index >= 15 is 0 Å². The van der Waals surface area contributed by atoms with Crippen LogP contribution in [0.4, 0.5) is 8.78 Å². The zero-order valence-electron chi connectivity index (χ0n) is 14.6. The van der Waals surface area contributed by atoms with Gasteiger partial charge in [-0.1, -0.05) is 12.1 Å². The second-order valence-corrected chi connectivity index (χ2v) is 7.48. The fraction of sp³-hybridized carbons (Fsp3) is 0.429. The number of phenolic OH excluding ortho intramolecular Hbond substituents is 1. The fourth-order valence-electron chi connectivity index (χ4n) is 4.31. The first-order valence-corrected chi connectivity index (χ1v) is 9.19. The molecule has 2 fully saturated rings. The van der Waals surface area contributed by atoms with Gasteiger partial charge in [-0.05, 0) is 60.9 Å². The number of benzene rings is 2. The van der Waals surface area contributed by atoms with Gasteiger partial charge in [0.25, 0.3) is 0 Å². The van der Waals surface area contributed by atoms with Crippen LogP contribution >= 0.6 is 0 Å². The molecule has 4 rings (SSSR count). The van der Waals surface area contributed by atoms with Crippen molar-refractivity contribution in [3.63, 3.8) is 0 Å². The van der Waals surface area contributed by atoms with Gasteiger partial charge in [0.05, 0.1) is 6.10 Å². The maximum Gasteiger partial charge on any atom is 0.162 e. The number of halogens is 2. The van der Waals surface area contributed by atoms with E-state index in [4.69, 9.17) is 4.74 Å². The Morgan fingerprint density at radius 2 is 1.65 bits per heavy atom. The number of hydrogen-bond acceptors (Lipinski definition) is 3. The molecule has 1 heterocycles.